The maximum absolute atomic E-state index is 5.80. The van der Waals surface area contributed by atoms with Gasteiger partial charge in [0, 0.05) is 19.5 Å². The van der Waals surface area contributed by atoms with Crippen molar-refractivity contribution in [1.82, 2.24) is 10.1 Å². The highest BCUT2D eigenvalue weighted by molar-refractivity contribution is 5.28. The van der Waals surface area contributed by atoms with Crippen LogP contribution in [0.5, 0.6) is 0 Å². The van der Waals surface area contributed by atoms with Crippen LogP contribution in [0.4, 0.5) is 5.95 Å². The molecule has 0 bridgehead atoms. The van der Waals surface area contributed by atoms with Gasteiger partial charge in [0.05, 0.1) is 0 Å². The Bertz CT molecular complexity index is 358. The van der Waals surface area contributed by atoms with Crippen molar-refractivity contribution in [2.45, 2.75) is 39.5 Å². The standard InChI is InChI=1S/C13H24N4O/c1-10(2)7-11(9-14)8-12-15-13(16-18-12)17-5-3-4-6-17/h10-11H,3-9,14H2,1-2H3. The molecule has 1 aromatic rings. The molecule has 2 heterocycles. The van der Waals surface area contributed by atoms with E-state index in [9.17, 15) is 0 Å². The first-order chi connectivity index (χ1) is 8.69. The Hall–Kier alpha value is -1.10. The van der Waals surface area contributed by atoms with Gasteiger partial charge in [-0.05, 0) is 42.8 Å². The van der Waals surface area contributed by atoms with Crippen LogP contribution in [-0.4, -0.2) is 29.8 Å². The Balaban J connectivity index is 1.92. The Morgan fingerprint density at radius 3 is 2.67 bits per heavy atom. The highest BCUT2D eigenvalue weighted by atomic mass is 16.5. The lowest BCUT2D eigenvalue weighted by atomic mass is 9.94. The molecule has 2 N–H and O–H groups in total. The first-order valence-corrected chi connectivity index (χ1v) is 6.96. The van der Waals surface area contributed by atoms with Gasteiger partial charge in [-0.2, -0.15) is 4.98 Å². The molecule has 1 aliphatic heterocycles. The van der Waals surface area contributed by atoms with E-state index in [1.807, 2.05) is 0 Å². The van der Waals surface area contributed by atoms with Crippen molar-refractivity contribution in [1.29, 1.82) is 0 Å². The average Bonchev–Trinajstić information content (AvgIpc) is 2.97. The van der Waals surface area contributed by atoms with E-state index < -0.39 is 0 Å². The summed E-state index contributed by atoms with van der Waals surface area (Å²) < 4.78 is 5.33. The Morgan fingerprint density at radius 1 is 1.33 bits per heavy atom. The molecular weight excluding hydrogens is 228 g/mol. The third kappa shape index (κ3) is 3.45. The first kappa shape index (κ1) is 13.3. The second kappa shape index (κ2) is 6.18. The number of hydrogen-bond donors (Lipinski definition) is 1. The van der Waals surface area contributed by atoms with Crippen molar-refractivity contribution < 1.29 is 4.52 Å². The van der Waals surface area contributed by atoms with Crippen LogP contribution in [0.1, 0.15) is 39.0 Å². The van der Waals surface area contributed by atoms with Gasteiger partial charge in [0.25, 0.3) is 5.95 Å². The quantitative estimate of drug-likeness (QED) is 0.836. The van der Waals surface area contributed by atoms with Gasteiger partial charge in [-0.3, -0.25) is 0 Å². The van der Waals surface area contributed by atoms with Crippen molar-refractivity contribution >= 4 is 5.95 Å². The van der Waals surface area contributed by atoms with Crippen molar-refractivity contribution in [3.63, 3.8) is 0 Å². The molecule has 1 aromatic heterocycles. The minimum absolute atomic E-state index is 0.442. The summed E-state index contributed by atoms with van der Waals surface area (Å²) in [6.45, 7) is 7.20. The number of rotatable bonds is 6. The molecule has 102 valence electrons. The summed E-state index contributed by atoms with van der Waals surface area (Å²) in [5, 5.41) is 4.06. The molecule has 0 spiro atoms. The summed E-state index contributed by atoms with van der Waals surface area (Å²) in [6.07, 6.45) is 4.36. The molecule has 0 aliphatic carbocycles. The summed E-state index contributed by atoms with van der Waals surface area (Å²) in [5.41, 5.74) is 5.80. The van der Waals surface area contributed by atoms with E-state index in [-0.39, 0.29) is 0 Å². The fraction of sp³-hybridized carbons (Fsp3) is 0.846. The molecule has 0 amide bonds. The molecule has 1 fully saturated rings. The van der Waals surface area contributed by atoms with Gasteiger partial charge in [-0.15, -0.1) is 0 Å². The van der Waals surface area contributed by atoms with E-state index in [1.165, 1.54) is 12.8 Å². The molecule has 18 heavy (non-hydrogen) atoms. The Labute approximate surface area is 109 Å². The van der Waals surface area contributed by atoms with Crippen LogP contribution in [-0.2, 0) is 6.42 Å². The van der Waals surface area contributed by atoms with E-state index in [2.05, 4.69) is 28.9 Å². The second-order valence-electron chi connectivity index (χ2n) is 5.62. The first-order valence-electron chi connectivity index (χ1n) is 6.96. The monoisotopic (exact) mass is 252 g/mol. The van der Waals surface area contributed by atoms with Crippen LogP contribution < -0.4 is 10.6 Å². The lowest BCUT2D eigenvalue weighted by Gasteiger charge is -2.14. The van der Waals surface area contributed by atoms with Gasteiger partial charge in [-0.25, -0.2) is 0 Å². The summed E-state index contributed by atoms with van der Waals surface area (Å²) in [7, 11) is 0. The maximum atomic E-state index is 5.80. The molecule has 0 saturated carbocycles. The average molecular weight is 252 g/mol. The molecule has 1 unspecified atom stereocenters. The number of hydrogen-bond acceptors (Lipinski definition) is 5. The molecular formula is C13H24N4O. The fourth-order valence-electron chi connectivity index (χ4n) is 2.55. The van der Waals surface area contributed by atoms with Crippen LogP contribution in [0.3, 0.4) is 0 Å². The van der Waals surface area contributed by atoms with Gasteiger partial charge in [0.2, 0.25) is 5.89 Å². The van der Waals surface area contributed by atoms with Crippen LogP contribution in [0.15, 0.2) is 4.52 Å². The number of nitrogens with two attached hydrogens (primary N) is 1. The molecule has 1 aliphatic rings. The number of anilines is 1. The second-order valence-corrected chi connectivity index (χ2v) is 5.62. The molecule has 2 rings (SSSR count). The maximum Gasteiger partial charge on any atom is 0.266 e. The zero-order valence-electron chi connectivity index (χ0n) is 11.4. The molecule has 5 nitrogen and oxygen atoms in total. The number of nitrogens with zero attached hydrogens (tertiary/aromatic N) is 3. The minimum atomic E-state index is 0.442. The van der Waals surface area contributed by atoms with Crippen LogP contribution >= 0.6 is 0 Å². The van der Waals surface area contributed by atoms with Gasteiger partial charge >= 0.3 is 0 Å². The SMILES string of the molecule is CC(C)CC(CN)Cc1nc(N2CCCC2)no1. The van der Waals surface area contributed by atoms with E-state index in [0.717, 1.165) is 37.8 Å². The van der Waals surface area contributed by atoms with Crippen molar-refractivity contribution in [3.8, 4) is 0 Å². The van der Waals surface area contributed by atoms with Crippen molar-refractivity contribution in [2.75, 3.05) is 24.5 Å². The summed E-state index contributed by atoms with van der Waals surface area (Å²) >= 11 is 0. The van der Waals surface area contributed by atoms with Crippen molar-refractivity contribution in [3.05, 3.63) is 5.89 Å². The molecule has 5 heteroatoms. The summed E-state index contributed by atoms with van der Waals surface area (Å²) in [5.74, 6) is 2.58. The molecule has 0 aromatic carbocycles. The minimum Gasteiger partial charge on any atom is -0.338 e. The Morgan fingerprint density at radius 2 is 2.06 bits per heavy atom. The lowest BCUT2D eigenvalue weighted by molar-refractivity contribution is 0.331. The van der Waals surface area contributed by atoms with Gasteiger partial charge in [0.15, 0.2) is 0 Å². The van der Waals surface area contributed by atoms with E-state index in [0.29, 0.717) is 18.4 Å². The van der Waals surface area contributed by atoms with E-state index in [4.69, 9.17) is 10.3 Å². The van der Waals surface area contributed by atoms with Gasteiger partial charge in [0.1, 0.15) is 0 Å². The van der Waals surface area contributed by atoms with Crippen LogP contribution in [0.2, 0.25) is 0 Å². The van der Waals surface area contributed by atoms with Gasteiger partial charge < -0.3 is 15.2 Å². The fourth-order valence-corrected chi connectivity index (χ4v) is 2.55. The van der Waals surface area contributed by atoms with Crippen LogP contribution in [0.25, 0.3) is 0 Å². The predicted molar refractivity (Wildman–Crippen MR) is 71.4 cm³/mol. The van der Waals surface area contributed by atoms with E-state index in [1.54, 1.807) is 0 Å². The summed E-state index contributed by atoms with van der Waals surface area (Å²) in [4.78, 5) is 6.67. The highest BCUT2D eigenvalue weighted by Gasteiger charge is 2.19. The third-order valence-corrected chi connectivity index (χ3v) is 3.45. The van der Waals surface area contributed by atoms with Gasteiger partial charge in [-0.1, -0.05) is 13.8 Å². The lowest BCUT2D eigenvalue weighted by Crippen LogP contribution is -2.20. The highest BCUT2D eigenvalue weighted by Crippen LogP contribution is 2.19. The zero-order chi connectivity index (χ0) is 13.0. The van der Waals surface area contributed by atoms with Crippen molar-refractivity contribution in [2.24, 2.45) is 17.6 Å². The summed E-state index contributed by atoms with van der Waals surface area (Å²) in [6, 6.07) is 0. The largest absolute Gasteiger partial charge is 0.338 e. The molecule has 1 atom stereocenters. The number of aromatic nitrogens is 2. The Kier molecular flexibility index (Phi) is 4.58. The predicted octanol–water partition coefficient (Wildman–Crippen LogP) is 1.83. The normalized spacial score (nSPS) is 17.7. The smallest absolute Gasteiger partial charge is 0.266 e. The third-order valence-electron chi connectivity index (χ3n) is 3.45. The van der Waals surface area contributed by atoms with Crippen LogP contribution in [0, 0.1) is 11.8 Å². The zero-order valence-corrected chi connectivity index (χ0v) is 11.4. The molecule has 1 saturated heterocycles. The van der Waals surface area contributed by atoms with E-state index >= 15 is 0 Å². The topological polar surface area (TPSA) is 68.2 Å². The molecule has 0 radical (unpaired) electrons.